The Kier molecular flexibility index (Phi) is 4.32. The van der Waals surface area contributed by atoms with Crippen LogP contribution < -0.4 is 9.62 Å². The number of carbonyl (C=O) groups excluding carboxylic acids is 1. The van der Waals surface area contributed by atoms with Crippen molar-refractivity contribution >= 4 is 27.3 Å². The zero-order valence-corrected chi connectivity index (χ0v) is 14.5. The number of hydrogen-bond donors (Lipinski definition) is 1. The first-order valence-electron chi connectivity index (χ1n) is 7.83. The lowest BCUT2D eigenvalue weighted by atomic mass is 10.1. The molecule has 5 nitrogen and oxygen atoms in total. The van der Waals surface area contributed by atoms with Gasteiger partial charge in [0, 0.05) is 17.3 Å². The minimum absolute atomic E-state index is 0.0624. The molecule has 0 unspecified atom stereocenters. The van der Waals surface area contributed by atoms with Crippen LogP contribution in [0.2, 0.25) is 0 Å². The number of nitrogens with one attached hydrogen (secondary N) is 1. The highest BCUT2D eigenvalue weighted by molar-refractivity contribution is 7.92. The molecule has 1 N–H and O–H groups in total. The van der Waals surface area contributed by atoms with E-state index in [1.165, 1.54) is 10.6 Å². The minimum atomic E-state index is -3.29. The summed E-state index contributed by atoms with van der Waals surface area (Å²) in [7, 11) is -3.29. The van der Waals surface area contributed by atoms with E-state index in [1.54, 1.807) is 30.3 Å². The van der Waals surface area contributed by atoms with E-state index >= 15 is 0 Å². The number of hydrogen-bond acceptors (Lipinski definition) is 3. The lowest BCUT2D eigenvalue weighted by Crippen LogP contribution is -2.31. The first kappa shape index (κ1) is 16.5. The molecule has 126 valence electrons. The first-order valence-corrected chi connectivity index (χ1v) is 9.67. The van der Waals surface area contributed by atoms with Crippen molar-refractivity contribution in [1.82, 2.24) is 0 Å². The van der Waals surface area contributed by atoms with Crippen LogP contribution in [-0.4, -0.2) is 26.6 Å². The number of sulfonamides is 1. The summed E-state index contributed by atoms with van der Waals surface area (Å²) in [5.41, 5.74) is 2.80. The van der Waals surface area contributed by atoms with Gasteiger partial charge < -0.3 is 5.32 Å². The van der Waals surface area contributed by atoms with Crippen LogP contribution >= 0.6 is 0 Å². The van der Waals surface area contributed by atoms with E-state index in [0.717, 1.165) is 18.4 Å². The zero-order chi connectivity index (χ0) is 17.3. The summed E-state index contributed by atoms with van der Waals surface area (Å²) in [5, 5.41) is 2.84. The van der Waals surface area contributed by atoms with Gasteiger partial charge in [-0.15, -0.1) is 0 Å². The molecule has 0 radical (unpaired) electrons. The normalized spacial score (nSPS) is 14.2. The van der Waals surface area contributed by atoms with Crippen LogP contribution in [0.15, 0.2) is 48.5 Å². The van der Waals surface area contributed by atoms with Gasteiger partial charge >= 0.3 is 0 Å². The Morgan fingerprint density at radius 2 is 1.71 bits per heavy atom. The summed E-state index contributed by atoms with van der Waals surface area (Å²) in [4.78, 5) is 12.3. The Hall–Kier alpha value is -2.34. The van der Waals surface area contributed by atoms with Gasteiger partial charge in [-0.1, -0.05) is 18.2 Å². The molecule has 2 aromatic carbocycles. The van der Waals surface area contributed by atoms with Crippen LogP contribution in [0.4, 0.5) is 11.4 Å². The molecular formula is C18H20N2O3S. The van der Waals surface area contributed by atoms with Crippen molar-refractivity contribution in [2.75, 3.05) is 15.9 Å². The molecule has 1 aliphatic carbocycles. The summed E-state index contributed by atoms with van der Waals surface area (Å²) < 4.78 is 25.4. The number of carbonyl (C=O) groups is 1. The van der Waals surface area contributed by atoms with Crippen molar-refractivity contribution in [2.45, 2.75) is 25.8 Å². The molecule has 3 rings (SSSR count). The fourth-order valence-corrected chi connectivity index (χ4v) is 3.96. The lowest BCUT2D eigenvalue weighted by molar-refractivity contribution is 0.102. The van der Waals surface area contributed by atoms with E-state index in [-0.39, 0.29) is 11.9 Å². The van der Waals surface area contributed by atoms with E-state index in [1.807, 2.05) is 25.1 Å². The Morgan fingerprint density at radius 3 is 2.25 bits per heavy atom. The summed E-state index contributed by atoms with van der Waals surface area (Å²) in [6.45, 7) is 1.89. The number of rotatable bonds is 5. The highest BCUT2D eigenvalue weighted by atomic mass is 32.2. The van der Waals surface area contributed by atoms with Crippen LogP contribution in [0.3, 0.4) is 0 Å². The first-order chi connectivity index (χ1) is 11.4. The van der Waals surface area contributed by atoms with Crippen molar-refractivity contribution in [3.8, 4) is 0 Å². The van der Waals surface area contributed by atoms with Gasteiger partial charge in [-0.3, -0.25) is 9.10 Å². The second-order valence-electron chi connectivity index (χ2n) is 6.11. The number of benzene rings is 2. The molecule has 0 atom stereocenters. The number of nitrogens with zero attached hydrogens (tertiary/aromatic N) is 1. The van der Waals surface area contributed by atoms with E-state index in [0.29, 0.717) is 16.9 Å². The van der Waals surface area contributed by atoms with Crippen molar-refractivity contribution in [1.29, 1.82) is 0 Å². The third-order valence-electron chi connectivity index (χ3n) is 4.01. The van der Waals surface area contributed by atoms with E-state index < -0.39 is 10.0 Å². The van der Waals surface area contributed by atoms with E-state index in [9.17, 15) is 13.2 Å². The summed E-state index contributed by atoms with van der Waals surface area (Å²) in [6, 6.07) is 14.4. The molecule has 0 spiro atoms. The van der Waals surface area contributed by atoms with Crippen molar-refractivity contribution < 1.29 is 13.2 Å². The molecular weight excluding hydrogens is 324 g/mol. The Bertz CT molecular complexity index is 856. The lowest BCUT2D eigenvalue weighted by Gasteiger charge is -2.22. The summed E-state index contributed by atoms with van der Waals surface area (Å²) in [5.74, 6) is -0.178. The topological polar surface area (TPSA) is 66.5 Å². The fourth-order valence-electron chi connectivity index (χ4n) is 2.70. The van der Waals surface area contributed by atoms with Crippen molar-refractivity contribution in [2.24, 2.45) is 0 Å². The largest absolute Gasteiger partial charge is 0.322 e. The third-order valence-corrected chi connectivity index (χ3v) is 5.23. The summed E-state index contributed by atoms with van der Waals surface area (Å²) >= 11 is 0. The van der Waals surface area contributed by atoms with E-state index in [4.69, 9.17) is 0 Å². The molecule has 0 aliphatic heterocycles. The monoisotopic (exact) mass is 344 g/mol. The minimum Gasteiger partial charge on any atom is -0.322 e. The van der Waals surface area contributed by atoms with Crippen molar-refractivity contribution in [3.05, 3.63) is 59.7 Å². The standard InChI is InChI=1S/C18H20N2O3S/c1-13-5-3-4-6-17(13)18(21)19-14-7-9-15(10-8-14)20(16-11-12-16)24(2,22)23/h3-10,16H,11-12H2,1-2H3,(H,19,21). The molecule has 0 aromatic heterocycles. The maximum atomic E-state index is 12.3. The predicted molar refractivity (Wildman–Crippen MR) is 95.9 cm³/mol. The SMILES string of the molecule is Cc1ccccc1C(=O)Nc1ccc(N(C2CC2)S(C)(=O)=O)cc1. The van der Waals surface area contributed by atoms with Crippen molar-refractivity contribution in [3.63, 3.8) is 0 Å². The van der Waals surface area contributed by atoms with Gasteiger partial charge in [-0.25, -0.2) is 8.42 Å². The smallest absolute Gasteiger partial charge is 0.255 e. The van der Waals surface area contributed by atoms with Gasteiger partial charge in [0.05, 0.1) is 11.9 Å². The van der Waals surface area contributed by atoms with Crippen LogP contribution in [0, 0.1) is 6.92 Å². The number of anilines is 2. The maximum absolute atomic E-state index is 12.3. The average Bonchev–Trinajstić information content (AvgIpc) is 3.33. The highest BCUT2D eigenvalue weighted by Gasteiger charge is 2.35. The Morgan fingerprint density at radius 1 is 1.08 bits per heavy atom. The zero-order valence-electron chi connectivity index (χ0n) is 13.7. The van der Waals surface area contributed by atoms with Crippen LogP contribution in [0.5, 0.6) is 0 Å². The van der Waals surface area contributed by atoms with Crippen LogP contribution in [0.1, 0.15) is 28.8 Å². The van der Waals surface area contributed by atoms with Crippen LogP contribution in [0.25, 0.3) is 0 Å². The summed E-state index contributed by atoms with van der Waals surface area (Å²) in [6.07, 6.45) is 3.00. The van der Waals surface area contributed by atoms with Gasteiger partial charge in [0.1, 0.15) is 0 Å². The third kappa shape index (κ3) is 3.59. The molecule has 1 fully saturated rings. The molecule has 0 bridgehead atoms. The average molecular weight is 344 g/mol. The second-order valence-corrected chi connectivity index (χ2v) is 7.97. The van der Waals surface area contributed by atoms with Crippen LogP contribution in [-0.2, 0) is 10.0 Å². The Labute approximate surface area is 142 Å². The van der Waals surface area contributed by atoms with Gasteiger partial charge in [-0.05, 0) is 55.7 Å². The molecule has 6 heteroatoms. The molecule has 2 aromatic rings. The second kappa shape index (κ2) is 6.28. The quantitative estimate of drug-likeness (QED) is 0.906. The molecule has 1 aliphatic rings. The van der Waals surface area contributed by atoms with Gasteiger partial charge in [0.15, 0.2) is 0 Å². The van der Waals surface area contributed by atoms with Gasteiger partial charge in [0.2, 0.25) is 10.0 Å². The molecule has 0 heterocycles. The molecule has 1 amide bonds. The highest BCUT2D eigenvalue weighted by Crippen LogP contribution is 2.34. The predicted octanol–water partition coefficient (Wildman–Crippen LogP) is 3.18. The molecule has 0 saturated heterocycles. The van der Waals surface area contributed by atoms with E-state index in [2.05, 4.69) is 5.32 Å². The molecule has 24 heavy (non-hydrogen) atoms. The van der Waals surface area contributed by atoms with Gasteiger partial charge in [0.25, 0.3) is 5.91 Å². The number of aryl methyl sites for hydroxylation is 1. The number of amides is 1. The van der Waals surface area contributed by atoms with Gasteiger partial charge in [-0.2, -0.15) is 0 Å². The fraction of sp³-hybridized carbons (Fsp3) is 0.278. The Balaban J connectivity index is 1.77. The maximum Gasteiger partial charge on any atom is 0.255 e. The molecule has 1 saturated carbocycles.